The van der Waals surface area contributed by atoms with Crippen molar-refractivity contribution in [3.05, 3.63) is 128 Å². The molecule has 12 heteroatoms. The van der Waals surface area contributed by atoms with Crippen LogP contribution in [0.4, 0.5) is 10.1 Å². The lowest BCUT2D eigenvalue weighted by Crippen LogP contribution is -2.45. The first-order chi connectivity index (χ1) is 28.1. The van der Waals surface area contributed by atoms with Gasteiger partial charge in [-0.3, -0.25) is 9.64 Å². The van der Waals surface area contributed by atoms with Crippen LogP contribution >= 0.6 is 11.6 Å². The van der Waals surface area contributed by atoms with Gasteiger partial charge in [-0.1, -0.05) is 41.9 Å². The SMILES string of the molecule is [C-]#[N+]c1cc(C#N)cc(COc2cc(O[C@H]3CCc4c(-c5cccc(OCCCN6CCC(F)([N+]#[C-])CC6)c5C)cccc43)c(Cl)cc2CN[C@H]2CCC(=O)NC2)c1. The number of carbonyl (C=O) groups is 1. The summed E-state index contributed by atoms with van der Waals surface area (Å²) in [6.45, 7) is 20.3. The molecule has 0 bridgehead atoms. The molecule has 2 saturated heterocycles. The normalized spacial score (nSPS) is 18.6. The van der Waals surface area contributed by atoms with Gasteiger partial charge < -0.3 is 29.7 Å². The van der Waals surface area contributed by atoms with Crippen molar-refractivity contribution in [2.75, 3.05) is 32.8 Å². The molecule has 0 saturated carbocycles. The highest BCUT2D eigenvalue weighted by Crippen LogP contribution is 2.44. The second-order valence-electron chi connectivity index (χ2n) is 15.2. The predicted octanol–water partition coefficient (Wildman–Crippen LogP) is 9.20. The number of hydrogen-bond acceptors (Lipinski definition) is 7. The fourth-order valence-electron chi connectivity index (χ4n) is 8.06. The molecule has 2 aliphatic heterocycles. The minimum absolute atomic E-state index is 0.0524. The smallest absolute Gasteiger partial charge is 0.373 e. The zero-order chi connectivity index (χ0) is 40.6. The summed E-state index contributed by atoms with van der Waals surface area (Å²) in [5.41, 5.74) is 7.91. The minimum Gasteiger partial charge on any atom is -0.493 e. The molecule has 7 rings (SSSR count). The molecule has 298 valence electrons. The Bertz CT molecular complexity index is 2250. The van der Waals surface area contributed by atoms with E-state index in [9.17, 15) is 14.4 Å². The highest BCUT2D eigenvalue weighted by Gasteiger charge is 2.40. The van der Waals surface area contributed by atoms with Crippen LogP contribution in [0.2, 0.25) is 5.02 Å². The third-order valence-corrected chi connectivity index (χ3v) is 11.6. The van der Waals surface area contributed by atoms with E-state index in [-0.39, 0.29) is 37.5 Å². The number of likely N-dealkylation sites (tertiary alicyclic amines) is 1. The van der Waals surface area contributed by atoms with Gasteiger partial charge >= 0.3 is 5.79 Å². The Kier molecular flexibility index (Phi) is 12.8. The van der Waals surface area contributed by atoms with E-state index < -0.39 is 5.79 Å². The molecule has 4 aromatic rings. The van der Waals surface area contributed by atoms with Gasteiger partial charge in [0.1, 0.15) is 30.0 Å². The van der Waals surface area contributed by atoms with Crippen LogP contribution in [0, 0.1) is 31.4 Å². The summed E-state index contributed by atoms with van der Waals surface area (Å²) in [7, 11) is 0. The van der Waals surface area contributed by atoms with E-state index in [4.69, 9.17) is 39.0 Å². The molecule has 10 nitrogen and oxygen atoms in total. The lowest BCUT2D eigenvalue weighted by molar-refractivity contribution is -0.122. The summed E-state index contributed by atoms with van der Waals surface area (Å²) in [5, 5.41) is 16.4. The van der Waals surface area contributed by atoms with Crippen molar-refractivity contribution in [2.24, 2.45) is 0 Å². The summed E-state index contributed by atoms with van der Waals surface area (Å²) < 4.78 is 33.7. The monoisotopic (exact) mass is 800 g/mol. The number of fused-ring (bicyclic) bond motifs is 1. The van der Waals surface area contributed by atoms with Gasteiger partial charge in [0.15, 0.2) is 5.69 Å². The number of benzene rings is 4. The molecule has 1 amide bonds. The summed E-state index contributed by atoms with van der Waals surface area (Å²) >= 11 is 6.95. The number of halogens is 2. The summed E-state index contributed by atoms with van der Waals surface area (Å²) in [5.74, 6) is 0.239. The lowest BCUT2D eigenvalue weighted by Gasteiger charge is -2.29. The number of rotatable bonds is 14. The van der Waals surface area contributed by atoms with Gasteiger partial charge in [0, 0.05) is 62.4 Å². The average Bonchev–Trinajstić information content (AvgIpc) is 3.66. The van der Waals surface area contributed by atoms with Crippen molar-refractivity contribution in [3.8, 4) is 34.4 Å². The Morgan fingerprint density at radius 3 is 2.59 bits per heavy atom. The average molecular weight is 801 g/mol. The van der Waals surface area contributed by atoms with Gasteiger partial charge in [0.2, 0.25) is 5.91 Å². The minimum atomic E-state index is -1.71. The number of alkyl halides is 1. The van der Waals surface area contributed by atoms with E-state index in [1.54, 1.807) is 18.2 Å². The molecule has 2 heterocycles. The van der Waals surface area contributed by atoms with Gasteiger partial charge in [-0.2, -0.15) is 9.65 Å². The van der Waals surface area contributed by atoms with Crippen LogP contribution in [0.5, 0.6) is 17.2 Å². The van der Waals surface area contributed by atoms with Crippen LogP contribution in [0.3, 0.4) is 0 Å². The topological polar surface area (TPSA) is 105 Å². The van der Waals surface area contributed by atoms with E-state index in [1.807, 2.05) is 24.3 Å². The first-order valence-corrected chi connectivity index (χ1v) is 20.2. The van der Waals surface area contributed by atoms with Crippen LogP contribution in [-0.4, -0.2) is 55.4 Å². The van der Waals surface area contributed by atoms with Gasteiger partial charge in [-0.05, 0) is 96.3 Å². The summed E-state index contributed by atoms with van der Waals surface area (Å²) in [4.78, 5) is 20.6. The zero-order valence-electron chi connectivity index (χ0n) is 32.6. The van der Waals surface area contributed by atoms with E-state index in [2.05, 4.69) is 62.5 Å². The van der Waals surface area contributed by atoms with Crippen LogP contribution in [0.25, 0.3) is 20.8 Å². The van der Waals surface area contributed by atoms with Crippen molar-refractivity contribution in [2.45, 2.75) is 83.0 Å². The number of hydrogen-bond donors (Lipinski definition) is 2. The first-order valence-electron chi connectivity index (χ1n) is 19.8. The van der Waals surface area contributed by atoms with Crippen LogP contribution in [0.15, 0.2) is 66.7 Å². The number of nitriles is 1. The maximum Gasteiger partial charge on any atom is 0.373 e. The van der Waals surface area contributed by atoms with Gasteiger partial charge in [-0.15, -0.1) is 0 Å². The largest absolute Gasteiger partial charge is 0.493 e. The van der Waals surface area contributed by atoms with Crippen molar-refractivity contribution in [3.63, 3.8) is 0 Å². The van der Waals surface area contributed by atoms with Crippen molar-refractivity contribution < 1.29 is 23.4 Å². The maximum absolute atomic E-state index is 14.3. The quantitative estimate of drug-likeness (QED) is 0.0745. The van der Waals surface area contributed by atoms with Crippen molar-refractivity contribution in [1.29, 1.82) is 5.26 Å². The third-order valence-electron chi connectivity index (χ3n) is 11.3. The molecule has 3 aliphatic rings. The molecule has 4 aromatic carbocycles. The van der Waals surface area contributed by atoms with Gasteiger partial charge in [0.25, 0.3) is 0 Å². The van der Waals surface area contributed by atoms with Crippen LogP contribution < -0.4 is 24.8 Å². The number of nitrogens with zero attached hydrogens (tertiary/aromatic N) is 4. The molecule has 1 aliphatic carbocycles. The molecule has 0 aromatic heterocycles. The van der Waals surface area contributed by atoms with Gasteiger partial charge in [-0.25, -0.2) is 11.4 Å². The fraction of sp³-hybridized carbons (Fsp3) is 0.391. The number of piperidine rings is 2. The van der Waals surface area contributed by atoms with Crippen molar-refractivity contribution in [1.82, 2.24) is 15.5 Å². The molecule has 2 atom stereocenters. The summed E-state index contributed by atoms with van der Waals surface area (Å²) in [6.07, 6.45) is 3.87. The molecule has 2 fully saturated rings. The summed E-state index contributed by atoms with van der Waals surface area (Å²) in [6, 6.07) is 23.4. The Morgan fingerprint density at radius 1 is 1.02 bits per heavy atom. The highest BCUT2D eigenvalue weighted by molar-refractivity contribution is 6.32. The van der Waals surface area contributed by atoms with E-state index >= 15 is 0 Å². The molecule has 0 spiro atoms. The number of ether oxygens (including phenoxy) is 3. The Balaban J connectivity index is 1.06. The fourth-order valence-corrected chi connectivity index (χ4v) is 8.29. The Morgan fingerprint density at radius 2 is 1.83 bits per heavy atom. The van der Waals surface area contributed by atoms with E-state index in [0.29, 0.717) is 72.5 Å². The molecule has 0 unspecified atom stereocenters. The lowest BCUT2D eigenvalue weighted by atomic mass is 9.93. The number of amides is 1. The second kappa shape index (κ2) is 18.3. The van der Waals surface area contributed by atoms with Crippen LogP contribution in [0.1, 0.15) is 78.0 Å². The van der Waals surface area contributed by atoms with E-state index in [0.717, 1.165) is 65.8 Å². The Labute approximate surface area is 344 Å². The van der Waals surface area contributed by atoms with Gasteiger partial charge in [0.05, 0.1) is 37.1 Å². The molecule has 2 N–H and O–H groups in total. The predicted molar refractivity (Wildman–Crippen MR) is 221 cm³/mol. The zero-order valence-corrected chi connectivity index (χ0v) is 33.3. The van der Waals surface area contributed by atoms with Crippen LogP contribution in [-0.2, 0) is 24.4 Å². The maximum atomic E-state index is 14.3. The molecule has 58 heavy (non-hydrogen) atoms. The second-order valence-corrected chi connectivity index (χ2v) is 15.6. The van der Waals surface area contributed by atoms with E-state index in [1.165, 1.54) is 5.56 Å². The highest BCUT2D eigenvalue weighted by atomic mass is 35.5. The molecule has 0 radical (unpaired) electrons. The first kappa shape index (κ1) is 40.6. The number of nitrogens with one attached hydrogen (secondary N) is 2. The molecular weight excluding hydrogens is 755 g/mol. The molecular formula is C46H46ClFN6O4. The van der Waals surface area contributed by atoms with Crippen molar-refractivity contribution >= 4 is 23.2 Å². The number of carbonyl (C=O) groups excluding carboxylic acids is 1. The Hall–Kier alpha value is -5.64. The third kappa shape index (κ3) is 9.55. The standard InChI is InChI=1S/C46H46ClFN6O4/c1-30-36(7-5-10-41(30)56-20-6-17-54-18-15-46(48,51-3)16-19-54)37-8-4-9-39-38(37)12-13-42(39)58-44-25-43(57-29-32-21-31(26-49)22-35(23-32)50-2)33(24-40(44)47)27-52-34-11-14-45(55)53-28-34/h4-5,7-10,21-25,34,42,52H,6,11-20,27-29H2,1H3,(H,53,55)/t34-,42-/m0/s1.